The lowest BCUT2D eigenvalue weighted by Crippen LogP contribution is -2.34. The molecule has 0 saturated heterocycles. The van der Waals surface area contributed by atoms with E-state index in [1.54, 1.807) is 18.2 Å². The molecule has 0 bridgehead atoms. The van der Waals surface area contributed by atoms with Crippen molar-refractivity contribution in [3.05, 3.63) is 58.5 Å². The van der Waals surface area contributed by atoms with Crippen LogP contribution < -0.4 is 5.32 Å². The number of hydrogen-bond donors (Lipinski definition) is 2. The highest BCUT2D eigenvalue weighted by molar-refractivity contribution is 5.94. The Balaban J connectivity index is 2.23. The second kappa shape index (κ2) is 7.11. The van der Waals surface area contributed by atoms with Gasteiger partial charge in [0.25, 0.3) is 5.91 Å². The summed E-state index contributed by atoms with van der Waals surface area (Å²) in [4.78, 5) is 23.8. The third kappa shape index (κ3) is 3.78. The molecule has 122 valence electrons. The van der Waals surface area contributed by atoms with Gasteiger partial charge in [-0.05, 0) is 42.7 Å². The molecule has 1 atom stereocenters. The molecule has 1 aromatic carbocycles. The van der Waals surface area contributed by atoms with Crippen molar-refractivity contribution in [1.29, 1.82) is 0 Å². The minimum Gasteiger partial charge on any atom is -0.479 e. The van der Waals surface area contributed by atoms with Gasteiger partial charge in [0, 0.05) is 7.11 Å². The molecule has 1 heterocycles. The number of amides is 1. The molecular formula is C17H19NO5. The van der Waals surface area contributed by atoms with Crippen LogP contribution in [0.5, 0.6) is 0 Å². The Hall–Kier alpha value is -2.60. The van der Waals surface area contributed by atoms with E-state index in [1.807, 2.05) is 19.9 Å². The Morgan fingerprint density at radius 1 is 1.26 bits per heavy atom. The van der Waals surface area contributed by atoms with Crippen molar-refractivity contribution in [1.82, 2.24) is 5.32 Å². The number of benzene rings is 1. The Labute approximate surface area is 134 Å². The van der Waals surface area contributed by atoms with Crippen LogP contribution in [0.25, 0.3) is 0 Å². The summed E-state index contributed by atoms with van der Waals surface area (Å²) in [5.74, 6) is -1.17. The molecule has 0 aliphatic carbocycles. The molecule has 0 unspecified atom stereocenters. The van der Waals surface area contributed by atoms with Gasteiger partial charge >= 0.3 is 5.97 Å². The number of carbonyl (C=O) groups is 2. The SMILES string of the molecule is COCc1ccc(C(=O)N[C@H](C(=O)O)c2cccc(C)c2C)o1. The number of rotatable bonds is 6. The Morgan fingerprint density at radius 2 is 2.00 bits per heavy atom. The predicted molar refractivity (Wildman–Crippen MR) is 83.2 cm³/mol. The van der Waals surface area contributed by atoms with E-state index in [0.717, 1.165) is 11.1 Å². The van der Waals surface area contributed by atoms with Gasteiger partial charge < -0.3 is 19.6 Å². The first-order valence-electron chi connectivity index (χ1n) is 7.11. The van der Waals surface area contributed by atoms with Crippen molar-refractivity contribution in [2.24, 2.45) is 0 Å². The summed E-state index contributed by atoms with van der Waals surface area (Å²) < 4.78 is 10.2. The zero-order chi connectivity index (χ0) is 17.0. The number of ether oxygens (including phenoxy) is 1. The molecular weight excluding hydrogens is 298 g/mol. The van der Waals surface area contributed by atoms with Gasteiger partial charge in [-0.25, -0.2) is 4.79 Å². The zero-order valence-electron chi connectivity index (χ0n) is 13.3. The van der Waals surface area contributed by atoms with Crippen LogP contribution in [-0.2, 0) is 16.1 Å². The number of furan rings is 1. The van der Waals surface area contributed by atoms with Crippen LogP contribution in [-0.4, -0.2) is 24.1 Å². The summed E-state index contributed by atoms with van der Waals surface area (Å²) in [5, 5.41) is 12.0. The monoisotopic (exact) mass is 317 g/mol. The van der Waals surface area contributed by atoms with Crippen LogP contribution >= 0.6 is 0 Å². The molecule has 0 aliphatic heterocycles. The van der Waals surface area contributed by atoms with Crippen molar-refractivity contribution >= 4 is 11.9 Å². The van der Waals surface area contributed by atoms with E-state index in [-0.39, 0.29) is 12.4 Å². The van der Waals surface area contributed by atoms with Crippen molar-refractivity contribution in [2.45, 2.75) is 26.5 Å². The van der Waals surface area contributed by atoms with Crippen LogP contribution in [0.4, 0.5) is 0 Å². The number of nitrogens with one attached hydrogen (secondary N) is 1. The fourth-order valence-corrected chi connectivity index (χ4v) is 2.28. The topological polar surface area (TPSA) is 88.8 Å². The fraction of sp³-hybridized carbons (Fsp3) is 0.294. The van der Waals surface area contributed by atoms with Crippen LogP contribution in [0.15, 0.2) is 34.7 Å². The molecule has 2 rings (SSSR count). The second-order valence-corrected chi connectivity index (χ2v) is 5.23. The van der Waals surface area contributed by atoms with E-state index in [4.69, 9.17) is 9.15 Å². The first-order valence-corrected chi connectivity index (χ1v) is 7.11. The number of carboxylic acids is 1. The Bertz CT molecular complexity index is 720. The van der Waals surface area contributed by atoms with E-state index < -0.39 is 17.9 Å². The number of carbonyl (C=O) groups excluding carboxylic acids is 1. The molecule has 2 N–H and O–H groups in total. The number of carboxylic acid groups (broad SMARTS) is 1. The molecule has 2 aromatic rings. The van der Waals surface area contributed by atoms with Gasteiger partial charge in [0.2, 0.25) is 0 Å². The van der Waals surface area contributed by atoms with Gasteiger partial charge in [-0.2, -0.15) is 0 Å². The first-order chi connectivity index (χ1) is 10.9. The van der Waals surface area contributed by atoms with Gasteiger partial charge in [-0.3, -0.25) is 4.79 Å². The molecule has 0 saturated carbocycles. The standard InChI is InChI=1S/C17H19NO5/c1-10-5-4-6-13(11(10)2)15(17(20)21)18-16(19)14-8-7-12(23-14)9-22-3/h4-8,15H,9H2,1-3H3,(H,18,19)(H,20,21)/t15-/m0/s1. The van der Waals surface area contributed by atoms with E-state index in [0.29, 0.717) is 11.3 Å². The number of aryl methyl sites for hydroxylation is 1. The average Bonchev–Trinajstić information content (AvgIpc) is 2.97. The molecule has 1 aromatic heterocycles. The van der Waals surface area contributed by atoms with Crippen molar-refractivity contribution < 1.29 is 23.8 Å². The fourth-order valence-electron chi connectivity index (χ4n) is 2.28. The highest BCUT2D eigenvalue weighted by atomic mass is 16.5. The van der Waals surface area contributed by atoms with Gasteiger partial charge in [0.1, 0.15) is 12.4 Å². The normalized spacial score (nSPS) is 12.0. The minimum atomic E-state index is -1.14. The number of aliphatic carboxylic acids is 1. The first kappa shape index (κ1) is 16.8. The van der Waals surface area contributed by atoms with Crippen LogP contribution in [0.2, 0.25) is 0 Å². The predicted octanol–water partition coefficient (Wildman–Crippen LogP) is 2.60. The average molecular weight is 317 g/mol. The van der Waals surface area contributed by atoms with Gasteiger partial charge in [-0.1, -0.05) is 18.2 Å². The summed E-state index contributed by atoms with van der Waals surface area (Å²) in [7, 11) is 1.52. The lowest BCUT2D eigenvalue weighted by molar-refractivity contribution is -0.139. The Kier molecular flexibility index (Phi) is 5.18. The number of hydrogen-bond acceptors (Lipinski definition) is 4. The molecule has 6 heteroatoms. The lowest BCUT2D eigenvalue weighted by Gasteiger charge is -2.17. The summed E-state index contributed by atoms with van der Waals surface area (Å²) in [6.07, 6.45) is 0. The third-order valence-electron chi connectivity index (χ3n) is 3.65. The zero-order valence-corrected chi connectivity index (χ0v) is 13.3. The highest BCUT2D eigenvalue weighted by Gasteiger charge is 2.25. The van der Waals surface area contributed by atoms with Crippen molar-refractivity contribution in [3.8, 4) is 0 Å². The molecule has 1 amide bonds. The maximum Gasteiger partial charge on any atom is 0.330 e. The van der Waals surface area contributed by atoms with Crippen molar-refractivity contribution in [2.75, 3.05) is 7.11 Å². The minimum absolute atomic E-state index is 0.0496. The van der Waals surface area contributed by atoms with Crippen LogP contribution in [0, 0.1) is 13.8 Å². The van der Waals surface area contributed by atoms with Gasteiger partial charge in [-0.15, -0.1) is 0 Å². The quantitative estimate of drug-likeness (QED) is 0.855. The molecule has 0 aliphatic rings. The van der Waals surface area contributed by atoms with Crippen LogP contribution in [0.1, 0.15) is 39.0 Å². The molecule has 6 nitrogen and oxygen atoms in total. The van der Waals surface area contributed by atoms with E-state index in [1.165, 1.54) is 13.2 Å². The smallest absolute Gasteiger partial charge is 0.330 e. The van der Waals surface area contributed by atoms with Crippen molar-refractivity contribution in [3.63, 3.8) is 0 Å². The summed E-state index contributed by atoms with van der Waals surface area (Å²) >= 11 is 0. The summed E-state index contributed by atoms with van der Waals surface area (Å²) in [6, 6.07) is 7.32. The largest absolute Gasteiger partial charge is 0.479 e. The van der Waals surface area contributed by atoms with E-state index in [2.05, 4.69) is 5.32 Å². The molecule has 0 spiro atoms. The van der Waals surface area contributed by atoms with Crippen LogP contribution in [0.3, 0.4) is 0 Å². The third-order valence-corrected chi connectivity index (χ3v) is 3.65. The van der Waals surface area contributed by atoms with Gasteiger partial charge in [0.05, 0.1) is 0 Å². The maximum atomic E-state index is 12.2. The Morgan fingerprint density at radius 3 is 2.65 bits per heavy atom. The molecule has 0 radical (unpaired) electrons. The molecule has 23 heavy (non-hydrogen) atoms. The maximum absolute atomic E-state index is 12.2. The number of methoxy groups -OCH3 is 1. The molecule has 0 fully saturated rings. The second-order valence-electron chi connectivity index (χ2n) is 5.23. The summed E-state index contributed by atoms with van der Waals surface area (Å²) in [6.45, 7) is 3.96. The highest BCUT2D eigenvalue weighted by Crippen LogP contribution is 2.21. The van der Waals surface area contributed by atoms with E-state index in [9.17, 15) is 14.7 Å². The summed E-state index contributed by atoms with van der Waals surface area (Å²) in [5.41, 5.74) is 2.35. The van der Waals surface area contributed by atoms with Gasteiger partial charge in [0.15, 0.2) is 11.8 Å². The lowest BCUT2D eigenvalue weighted by atomic mass is 9.97. The van der Waals surface area contributed by atoms with E-state index >= 15 is 0 Å².